The number of hydrogen-bond donors (Lipinski definition) is 3. The lowest BCUT2D eigenvalue weighted by Crippen LogP contribution is -2.47. The number of amides is 1. The van der Waals surface area contributed by atoms with E-state index in [1.54, 1.807) is 13.3 Å². The van der Waals surface area contributed by atoms with E-state index in [-0.39, 0.29) is 11.9 Å². The first-order chi connectivity index (χ1) is 16.6. The maximum absolute atomic E-state index is 13.6. The summed E-state index contributed by atoms with van der Waals surface area (Å²) in [5.41, 5.74) is 4.47. The van der Waals surface area contributed by atoms with Crippen LogP contribution in [-0.4, -0.2) is 77.8 Å². The minimum Gasteiger partial charge on any atom is -0.497 e. The molecule has 2 aromatic heterocycles. The second-order valence-corrected chi connectivity index (χ2v) is 8.82. The quantitative estimate of drug-likeness (QED) is 0.396. The molecule has 8 heteroatoms. The number of likely N-dealkylation sites (N-methyl/N-ethyl adjacent to an activating group) is 1. The second-order valence-electron chi connectivity index (χ2n) is 8.82. The van der Waals surface area contributed by atoms with E-state index in [1.165, 1.54) is 0 Å². The number of ether oxygens (including phenoxy) is 1. The van der Waals surface area contributed by atoms with Crippen molar-refractivity contribution in [2.45, 2.75) is 6.04 Å². The van der Waals surface area contributed by atoms with Crippen LogP contribution < -0.4 is 10.1 Å². The van der Waals surface area contributed by atoms with E-state index >= 15 is 0 Å². The van der Waals surface area contributed by atoms with Crippen molar-refractivity contribution in [3.05, 3.63) is 72.2 Å². The van der Waals surface area contributed by atoms with Gasteiger partial charge in [-0.3, -0.25) is 14.8 Å². The number of nitrogens with zero attached hydrogens (tertiary/aromatic N) is 3. The summed E-state index contributed by atoms with van der Waals surface area (Å²) in [6.07, 6.45) is 5.56. The number of fused-ring (bicyclic) bond motifs is 1. The molecule has 0 saturated carbocycles. The third kappa shape index (κ3) is 4.55. The fourth-order valence-corrected chi connectivity index (χ4v) is 4.60. The van der Waals surface area contributed by atoms with E-state index in [4.69, 9.17) is 4.74 Å². The lowest BCUT2D eigenvalue weighted by atomic mass is 10.0. The molecule has 176 valence electrons. The van der Waals surface area contributed by atoms with Gasteiger partial charge in [-0.25, -0.2) is 0 Å². The molecule has 8 nitrogen and oxygen atoms in total. The first-order valence-electron chi connectivity index (χ1n) is 11.6. The lowest BCUT2D eigenvalue weighted by Gasteiger charge is -2.35. The van der Waals surface area contributed by atoms with Crippen LogP contribution in [0.4, 0.5) is 0 Å². The number of aromatic amines is 2. The van der Waals surface area contributed by atoms with Gasteiger partial charge in [0.25, 0.3) is 5.91 Å². The Labute approximate surface area is 198 Å². The molecule has 1 aliphatic heterocycles. The molecule has 3 heterocycles. The van der Waals surface area contributed by atoms with Crippen LogP contribution in [0.25, 0.3) is 22.0 Å². The van der Waals surface area contributed by atoms with Gasteiger partial charge in [-0.1, -0.05) is 24.3 Å². The maximum Gasteiger partial charge on any atom is 0.253 e. The predicted octanol–water partition coefficient (Wildman–Crippen LogP) is 3.29. The summed E-state index contributed by atoms with van der Waals surface area (Å²) in [6.45, 7) is 4.75. The first-order valence-corrected chi connectivity index (χ1v) is 11.6. The summed E-state index contributed by atoms with van der Waals surface area (Å²) in [7, 11) is 3.81. The molecule has 1 fully saturated rings. The Kier molecular flexibility index (Phi) is 6.33. The van der Waals surface area contributed by atoms with Gasteiger partial charge in [0.05, 0.1) is 30.4 Å². The van der Waals surface area contributed by atoms with Gasteiger partial charge in [-0.2, -0.15) is 5.10 Å². The van der Waals surface area contributed by atoms with Crippen molar-refractivity contribution in [1.82, 2.24) is 30.3 Å². The molecule has 3 N–H and O–H groups in total. The highest BCUT2D eigenvalue weighted by Gasteiger charge is 2.23. The Morgan fingerprint density at radius 2 is 1.97 bits per heavy atom. The number of hydrogen-bond acceptors (Lipinski definition) is 5. The number of para-hydroxylation sites is 1. The molecule has 0 spiro atoms. The van der Waals surface area contributed by atoms with Crippen LogP contribution >= 0.6 is 0 Å². The maximum atomic E-state index is 13.6. The van der Waals surface area contributed by atoms with Crippen molar-refractivity contribution in [1.29, 1.82) is 0 Å². The van der Waals surface area contributed by atoms with Crippen molar-refractivity contribution in [2.24, 2.45) is 0 Å². The molecule has 0 aliphatic carbocycles. The zero-order chi connectivity index (χ0) is 23.5. The molecular formula is C26H30N6O2. The summed E-state index contributed by atoms with van der Waals surface area (Å²) in [5.74, 6) is 0.680. The van der Waals surface area contributed by atoms with Crippen molar-refractivity contribution in [3.8, 4) is 16.9 Å². The molecule has 1 saturated heterocycles. The van der Waals surface area contributed by atoms with E-state index < -0.39 is 0 Å². The molecule has 0 unspecified atom stereocenters. The molecule has 4 aromatic rings. The highest BCUT2D eigenvalue weighted by atomic mass is 16.5. The van der Waals surface area contributed by atoms with E-state index in [9.17, 15) is 4.79 Å². The van der Waals surface area contributed by atoms with Crippen LogP contribution in [0.5, 0.6) is 5.75 Å². The Bertz CT molecular complexity index is 1260. The molecule has 2 aromatic carbocycles. The Morgan fingerprint density at radius 1 is 1.15 bits per heavy atom. The fourth-order valence-electron chi connectivity index (χ4n) is 4.60. The number of carbonyl (C=O) groups is 1. The van der Waals surface area contributed by atoms with Crippen LogP contribution in [0.15, 0.2) is 61.1 Å². The van der Waals surface area contributed by atoms with Crippen molar-refractivity contribution < 1.29 is 9.53 Å². The molecule has 1 atom stereocenters. The largest absolute Gasteiger partial charge is 0.497 e. The van der Waals surface area contributed by atoms with Gasteiger partial charge >= 0.3 is 0 Å². The number of H-pyrrole nitrogens is 2. The van der Waals surface area contributed by atoms with Gasteiger partial charge in [-0.05, 0) is 30.8 Å². The molecule has 0 bridgehead atoms. The summed E-state index contributed by atoms with van der Waals surface area (Å²) in [4.78, 5) is 21.6. The van der Waals surface area contributed by atoms with E-state index in [0.717, 1.165) is 66.1 Å². The van der Waals surface area contributed by atoms with Gasteiger partial charge in [-0.15, -0.1) is 0 Å². The number of carbonyl (C=O) groups excluding carboxylic acids is 1. The average molecular weight is 459 g/mol. The normalized spacial score (nSPS) is 15.9. The highest BCUT2D eigenvalue weighted by Crippen LogP contribution is 2.30. The van der Waals surface area contributed by atoms with Gasteiger partial charge in [0.2, 0.25) is 0 Å². The van der Waals surface area contributed by atoms with Gasteiger partial charge in [0, 0.05) is 61.6 Å². The predicted molar refractivity (Wildman–Crippen MR) is 133 cm³/mol. The fraction of sp³-hybridized carbons (Fsp3) is 0.308. The van der Waals surface area contributed by atoms with Crippen molar-refractivity contribution in [3.63, 3.8) is 0 Å². The van der Waals surface area contributed by atoms with Crippen molar-refractivity contribution in [2.75, 3.05) is 46.9 Å². The van der Waals surface area contributed by atoms with Gasteiger partial charge < -0.3 is 19.9 Å². The minimum absolute atomic E-state index is 0.104. The SMILES string of the molecule is COc1cccc([C@@H](CN2CCN(C)CC2)NC(=O)c2cccc3c(-c4cn[nH]c4)c[nH]c23)c1. The van der Waals surface area contributed by atoms with Crippen LogP contribution in [0.1, 0.15) is 22.0 Å². The smallest absolute Gasteiger partial charge is 0.253 e. The summed E-state index contributed by atoms with van der Waals surface area (Å²) >= 11 is 0. The minimum atomic E-state index is -0.162. The number of methoxy groups -OCH3 is 1. The number of benzene rings is 2. The van der Waals surface area contributed by atoms with Crippen LogP contribution in [0.3, 0.4) is 0 Å². The monoisotopic (exact) mass is 458 g/mol. The third-order valence-electron chi connectivity index (χ3n) is 6.61. The highest BCUT2D eigenvalue weighted by molar-refractivity contribution is 6.09. The number of nitrogens with one attached hydrogen (secondary N) is 3. The van der Waals surface area contributed by atoms with Crippen LogP contribution in [0.2, 0.25) is 0 Å². The Balaban J connectivity index is 1.43. The summed E-state index contributed by atoms with van der Waals surface area (Å²) < 4.78 is 5.45. The third-order valence-corrected chi connectivity index (χ3v) is 6.61. The Morgan fingerprint density at radius 3 is 2.74 bits per heavy atom. The molecule has 0 radical (unpaired) electrons. The zero-order valence-corrected chi connectivity index (χ0v) is 19.5. The van der Waals surface area contributed by atoms with E-state index in [2.05, 4.69) is 43.4 Å². The molecule has 1 amide bonds. The molecule has 5 rings (SSSR count). The zero-order valence-electron chi connectivity index (χ0n) is 19.5. The van der Waals surface area contributed by atoms with E-state index in [1.807, 2.05) is 48.8 Å². The second kappa shape index (κ2) is 9.70. The lowest BCUT2D eigenvalue weighted by molar-refractivity contribution is 0.0908. The van der Waals surface area contributed by atoms with Crippen LogP contribution in [-0.2, 0) is 0 Å². The van der Waals surface area contributed by atoms with Gasteiger partial charge in [0.15, 0.2) is 0 Å². The topological polar surface area (TPSA) is 89.3 Å². The average Bonchev–Trinajstić information content (AvgIpc) is 3.54. The summed E-state index contributed by atoms with van der Waals surface area (Å²) in [6, 6.07) is 13.6. The molecule has 34 heavy (non-hydrogen) atoms. The van der Waals surface area contributed by atoms with Gasteiger partial charge in [0.1, 0.15) is 5.75 Å². The molecule has 1 aliphatic rings. The van der Waals surface area contributed by atoms with E-state index in [0.29, 0.717) is 5.56 Å². The summed E-state index contributed by atoms with van der Waals surface area (Å²) in [5, 5.41) is 11.2. The van der Waals surface area contributed by atoms with Crippen LogP contribution in [0, 0.1) is 0 Å². The van der Waals surface area contributed by atoms with Crippen molar-refractivity contribution >= 4 is 16.8 Å². The number of aromatic nitrogens is 3. The first kappa shape index (κ1) is 22.2. The Hall–Kier alpha value is -3.62. The number of rotatable bonds is 7. The molecular weight excluding hydrogens is 428 g/mol. The standard InChI is InChI=1S/C26H30N6O2/c1-31-9-11-32(12-10-31)17-24(18-5-3-6-20(13-18)34-2)30-26(33)22-8-4-7-21-23(16-27-25(21)22)19-14-28-29-15-19/h3-8,13-16,24,27H,9-12,17H2,1-2H3,(H,28,29)(H,30,33)/t24-/m1/s1. The number of piperazine rings is 1.